The largest absolute Gasteiger partial charge is 0.465 e. The molecule has 1 N–H and O–H groups in total. The maximum absolute atomic E-state index is 12.3. The average Bonchev–Trinajstić information content (AvgIpc) is 2.65. The zero-order valence-electron chi connectivity index (χ0n) is 10.7. The van der Waals surface area contributed by atoms with Crippen molar-refractivity contribution >= 4 is 23.8 Å². The minimum absolute atomic E-state index is 0.231. The van der Waals surface area contributed by atoms with Crippen molar-refractivity contribution in [2.75, 3.05) is 11.9 Å². The van der Waals surface area contributed by atoms with E-state index in [1.54, 1.807) is 19.9 Å². The lowest BCUT2D eigenvalue weighted by Crippen LogP contribution is -2.44. The van der Waals surface area contributed by atoms with Crippen LogP contribution < -0.4 is 5.32 Å². The Bertz CT molecular complexity index is 624. The normalized spacial score (nSPS) is 22.9. The smallest absolute Gasteiger partial charge is 0.326 e. The van der Waals surface area contributed by atoms with E-state index in [1.807, 2.05) is 6.08 Å². The number of esters is 1. The maximum Gasteiger partial charge on any atom is 0.326 e. The molecule has 1 aromatic heterocycles. The van der Waals surface area contributed by atoms with Crippen LogP contribution in [0, 0.1) is 6.92 Å². The summed E-state index contributed by atoms with van der Waals surface area (Å²) in [5.41, 5.74) is -0.160. The first-order valence-corrected chi connectivity index (χ1v) is 6.14. The van der Waals surface area contributed by atoms with E-state index in [9.17, 15) is 9.59 Å². The van der Waals surface area contributed by atoms with E-state index in [-0.39, 0.29) is 18.9 Å². The number of nitrogens with zero attached hydrogens (tertiary/aromatic N) is 2. The van der Waals surface area contributed by atoms with Crippen LogP contribution in [0.25, 0.3) is 6.08 Å². The molecule has 0 spiro atoms. The maximum atomic E-state index is 12.3. The summed E-state index contributed by atoms with van der Waals surface area (Å²) >= 11 is 0. The van der Waals surface area contributed by atoms with Gasteiger partial charge in [-0.15, -0.1) is 0 Å². The molecule has 0 bridgehead atoms. The van der Waals surface area contributed by atoms with E-state index >= 15 is 0 Å². The monoisotopic (exact) mass is 259 g/mol. The van der Waals surface area contributed by atoms with Gasteiger partial charge in [-0.25, -0.2) is 9.97 Å². The fourth-order valence-corrected chi connectivity index (χ4v) is 2.63. The molecule has 0 aromatic carbocycles. The lowest BCUT2D eigenvalue weighted by Gasteiger charge is -2.26. The third kappa shape index (κ3) is 1.43. The van der Waals surface area contributed by atoms with Gasteiger partial charge in [-0.05, 0) is 26.3 Å². The molecule has 1 aromatic rings. The van der Waals surface area contributed by atoms with Crippen molar-refractivity contribution in [1.29, 1.82) is 0 Å². The SMILES string of the molecule is CCOC(=O)C12CC=Cc3nc(C)nc(c31)NC2=O. The van der Waals surface area contributed by atoms with Crippen LogP contribution in [0.4, 0.5) is 5.82 Å². The van der Waals surface area contributed by atoms with E-state index < -0.39 is 11.4 Å². The Morgan fingerprint density at radius 2 is 2.32 bits per heavy atom. The van der Waals surface area contributed by atoms with Gasteiger partial charge in [0, 0.05) is 5.56 Å². The van der Waals surface area contributed by atoms with E-state index in [2.05, 4.69) is 15.3 Å². The Kier molecular flexibility index (Phi) is 2.41. The van der Waals surface area contributed by atoms with Crippen LogP contribution >= 0.6 is 0 Å². The molecule has 1 aliphatic carbocycles. The van der Waals surface area contributed by atoms with Gasteiger partial charge in [-0.3, -0.25) is 9.59 Å². The Morgan fingerprint density at radius 3 is 3.05 bits per heavy atom. The topological polar surface area (TPSA) is 81.2 Å². The standard InChI is InChI=1S/C13H13N3O3/c1-3-19-12(18)13-6-4-5-8-9(13)10(16-11(13)17)15-7(2)14-8/h4-5H,3,6H2,1-2H3,(H,14,15,16,17). The number of allylic oxidation sites excluding steroid dienone is 1. The summed E-state index contributed by atoms with van der Waals surface area (Å²) in [7, 11) is 0. The Hall–Kier alpha value is -2.24. The van der Waals surface area contributed by atoms with Gasteiger partial charge >= 0.3 is 5.97 Å². The van der Waals surface area contributed by atoms with E-state index in [0.29, 0.717) is 22.9 Å². The number of nitrogens with one attached hydrogen (secondary N) is 1. The van der Waals surface area contributed by atoms with Crippen molar-refractivity contribution in [3.63, 3.8) is 0 Å². The molecular weight excluding hydrogens is 246 g/mol. The number of hydrogen-bond acceptors (Lipinski definition) is 5. The molecule has 2 heterocycles. The second kappa shape index (κ2) is 3.88. The Morgan fingerprint density at radius 1 is 1.53 bits per heavy atom. The zero-order valence-corrected chi connectivity index (χ0v) is 10.7. The molecule has 0 saturated heterocycles. The molecule has 0 radical (unpaired) electrons. The number of rotatable bonds is 2. The summed E-state index contributed by atoms with van der Waals surface area (Å²) in [6.45, 7) is 3.69. The molecule has 1 atom stereocenters. The van der Waals surface area contributed by atoms with E-state index in [4.69, 9.17) is 4.74 Å². The number of ether oxygens (including phenoxy) is 1. The number of carbonyl (C=O) groups is 2. The van der Waals surface area contributed by atoms with Crippen molar-refractivity contribution in [1.82, 2.24) is 9.97 Å². The van der Waals surface area contributed by atoms with Crippen LogP contribution in [0.5, 0.6) is 0 Å². The van der Waals surface area contributed by atoms with Gasteiger partial charge in [-0.2, -0.15) is 0 Å². The Labute approximate surface area is 109 Å². The summed E-state index contributed by atoms with van der Waals surface area (Å²) in [6.07, 6.45) is 3.87. The number of amides is 1. The van der Waals surface area contributed by atoms with Crippen LogP contribution in [0.15, 0.2) is 6.08 Å². The molecule has 1 unspecified atom stereocenters. The van der Waals surface area contributed by atoms with Gasteiger partial charge in [0.15, 0.2) is 5.41 Å². The highest BCUT2D eigenvalue weighted by Crippen LogP contribution is 2.45. The van der Waals surface area contributed by atoms with Gasteiger partial charge in [0.05, 0.1) is 12.3 Å². The number of carbonyl (C=O) groups excluding carboxylic acids is 2. The number of hydrogen-bond donors (Lipinski definition) is 1. The summed E-state index contributed by atoms with van der Waals surface area (Å²) in [5, 5.41) is 2.67. The second-order valence-electron chi connectivity index (χ2n) is 4.57. The Balaban J connectivity index is 2.25. The van der Waals surface area contributed by atoms with Crippen molar-refractivity contribution in [2.45, 2.75) is 25.7 Å². The number of aromatic nitrogens is 2. The van der Waals surface area contributed by atoms with Gasteiger partial charge in [0.2, 0.25) is 5.91 Å². The molecule has 0 fully saturated rings. The molecular formula is C13H13N3O3. The van der Waals surface area contributed by atoms with E-state index in [0.717, 1.165) is 0 Å². The molecule has 3 rings (SSSR count). The quantitative estimate of drug-likeness (QED) is 0.632. The third-order valence-electron chi connectivity index (χ3n) is 3.42. The first kappa shape index (κ1) is 11.8. The van der Waals surface area contributed by atoms with Crippen LogP contribution in [0.3, 0.4) is 0 Å². The summed E-state index contributed by atoms with van der Waals surface area (Å²) < 4.78 is 5.08. The first-order chi connectivity index (χ1) is 9.09. The fourth-order valence-electron chi connectivity index (χ4n) is 2.63. The summed E-state index contributed by atoms with van der Waals surface area (Å²) in [4.78, 5) is 33.0. The minimum Gasteiger partial charge on any atom is -0.465 e. The van der Waals surface area contributed by atoms with Crippen molar-refractivity contribution in [3.8, 4) is 0 Å². The molecule has 0 saturated carbocycles. The first-order valence-electron chi connectivity index (χ1n) is 6.14. The highest BCUT2D eigenvalue weighted by Gasteiger charge is 2.56. The molecule has 6 nitrogen and oxygen atoms in total. The lowest BCUT2D eigenvalue weighted by molar-refractivity contribution is -0.153. The van der Waals surface area contributed by atoms with Crippen LogP contribution in [-0.2, 0) is 19.7 Å². The summed E-state index contributed by atoms with van der Waals surface area (Å²) in [6, 6.07) is 0. The van der Waals surface area contributed by atoms with Gasteiger partial charge in [-0.1, -0.05) is 6.08 Å². The molecule has 1 aliphatic heterocycles. The second-order valence-corrected chi connectivity index (χ2v) is 4.57. The lowest BCUT2D eigenvalue weighted by atomic mass is 9.75. The van der Waals surface area contributed by atoms with E-state index in [1.165, 1.54) is 0 Å². The molecule has 1 amide bonds. The predicted octanol–water partition coefficient (Wildman–Crippen LogP) is 0.955. The molecule has 98 valence electrons. The van der Waals surface area contributed by atoms with Crippen molar-refractivity contribution < 1.29 is 14.3 Å². The van der Waals surface area contributed by atoms with Gasteiger partial charge in [0.25, 0.3) is 0 Å². The van der Waals surface area contributed by atoms with Crippen LogP contribution in [0.1, 0.15) is 30.4 Å². The fraction of sp³-hybridized carbons (Fsp3) is 0.385. The van der Waals surface area contributed by atoms with Gasteiger partial charge in [0.1, 0.15) is 11.6 Å². The average molecular weight is 259 g/mol. The zero-order chi connectivity index (χ0) is 13.6. The minimum atomic E-state index is -1.32. The number of aryl methyl sites for hydroxylation is 1. The molecule has 6 heteroatoms. The predicted molar refractivity (Wildman–Crippen MR) is 67.4 cm³/mol. The van der Waals surface area contributed by atoms with Crippen LogP contribution in [-0.4, -0.2) is 28.5 Å². The van der Waals surface area contributed by atoms with Gasteiger partial charge < -0.3 is 10.1 Å². The van der Waals surface area contributed by atoms with Crippen LogP contribution in [0.2, 0.25) is 0 Å². The molecule has 2 aliphatic rings. The highest BCUT2D eigenvalue weighted by molar-refractivity contribution is 6.20. The van der Waals surface area contributed by atoms with Crippen molar-refractivity contribution in [3.05, 3.63) is 23.2 Å². The molecule has 19 heavy (non-hydrogen) atoms. The third-order valence-corrected chi connectivity index (χ3v) is 3.42. The number of anilines is 1. The summed E-state index contributed by atoms with van der Waals surface area (Å²) in [5.74, 6) is 0.0564. The van der Waals surface area contributed by atoms with Crippen molar-refractivity contribution in [2.24, 2.45) is 0 Å². The highest BCUT2D eigenvalue weighted by atomic mass is 16.5.